The highest BCUT2D eigenvalue weighted by molar-refractivity contribution is 7.85. The van der Waals surface area contributed by atoms with Crippen molar-refractivity contribution in [2.24, 2.45) is 0 Å². The molecule has 4 nitrogen and oxygen atoms in total. The third kappa shape index (κ3) is 4.21. The molecule has 2 rings (SSSR count). The largest absolute Gasteiger partial charge is 0.748 e. The molecule has 20 heavy (non-hydrogen) atoms. The van der Waals surface area contributed by atoms with Crippen LogP contribution >= 0.6 is 0 Å². The van der Waals surface area contributed by atoms with E-state index >= 15 is 0 Å². The molecule has 0 saturated heterocycles. The summed E-state index contributed by atoms with van der Waals surface area (Å²) in [5.74, 6) is -0.279. The number of unbranched alkanes of at least 4 members (excludes halogenated alkanes) is 1. The monoisotopic (exact) mass is 292 g/mol. The normalized spacial score (nSPS) is 11.7. The maximum atomic E-state index is 10.5. The van der Waals surface area contributed by atoms with Gasteiger partial charge in [0.2, 0.25) is 0 Å². The van der Waals surface area contributed by atoms with Crippen LogP contribution in [0.5, 0.6) is 0 Å². The Morgan fingerprint density at radius 2 is 1.75 bits per heavy atom. The van der Waals surface area contributed by atoms with Gasteiger partial charge in [-0.05, 0) is 35.7 Å². The summed E-state index contributed by atoms with van der Waals surface area (Å²) in [6.45, 7) is 0.730. The maximum absolute atomic E-state index is 10.5. The van der Waals surface area contributed by atoms with Crippen LogP contribution in [0, 0.1) is 0 Å². The highest BCUT2D eigenvalue weighted by Gasteiger charge is 2.03. The molecule has 0 spiro atoms. The van der Waals surface area contributed by atoms with E-state index in [9.17, 15) is 13.0 Å². The fraction of sp³-hybridized carbons (Fsp3) is 0.333. The van der Waals surface area contributed by atoms with E-state index in [1.54, 1.807) is 0 Å². The molecule has 0 fully saturated rings. The molecule has 0 aliphatic rings. The van der Waals surface area contributed by atoms with E-state index in [1.807, 2.05) is 25.2 Å². The summed E-state index contributed by atoms with van der Waals surface area (Å²) in [4.78, 5) is 2.07. The van der Waals surface area contributed by atoms with Crippen LogP contribution in [-0.2, 0) is 10.1 Å². The van der Waals surface area contributed by atoms with E-state index in [0.29, 0.717) is 12.8 Å². The van der Waals surface area contributed by atoms with E-state index in [-0.39, 0.29) is 5.75 Å². The third-order valence-corrected chi connectivity index (χ3v) is 4.10. The van der Waals surface area contributed by atoms with Crippen LogP contribution < -0.4 is 4.90 Å². The number of fused-ring (bicyclic) bond motifs is 1. The van der Waals surface area contributed by atoms with Crippen molar-refractivity contribution in [3.8, 4) is 0 Å². The molecule has 0 aliphatic heterocycles. The SMILES string of the molecule is CN(CCCCS(=O)(=O)[O-])c1ccc2ccccc2c1. The Morgan fingerprint density at radius 3 is 2.45 bits per heavy atom. The van der Waals surface area contributed by atoms with Gasteiger partial charge in [-0.15, -0.1) is 0 Å². The zero-order chi connectivity index (χ0) is 14.6. The number of hydrogen-bond acceptors (Lipinski definition) is 4. The number of rotatable bonds is 6. The molecule has 0 aliphatic carbocycles. The fourth-order valence-electron chi connectivity index (χ4n) is 2.17. The molecule has 0 atom stereocenters. The summed E-state index contributed by atoms with van der Waals surface area (Å²) in [5, 5.41) is 2.38. The van der Waals surface area contributed by atoms with Crippen LogP contribution in [0.1, 0.15) is 12.8 Å². The van der Waals surface area contributed by atoms with Gasteiger partial charge in [0.1, 0.15) is 0 Å². The molecule has 2 aromatic carbocycles. The van der Waals surface area contributed by atoms with Crippen LogP contribution in [0.3, 0.4) is 0 Å². The Kier molecular flexibility index (Phi) is 4.62. The van der Waals surface area contributed by atoms with Gasteiger partial charge in [-0.1, -0.05) is 30.3 Å². The van der Waals surface area contributed by atoms with Crippen LogP contribution in [0.25, 0.3) is 10.8 Å². The second kappa shape index (κ2) is 6.24. The first-order valence-electron chi connectivity index (χ1n) is 6.59. The summed E-state index contributed by atoms with van der Waals surface area (Å²) in [6.07, 6.45) is 1.09. The minimum Gasteiger partial charge on any atom is -0.748 e. The number of nitrogens with zero attached hydrogens (tertiary/aromatic N) is 1. The molecule has 0 N–H and O–H groups in total. The number of benzene rings is 2. The molecule has 5 heteroatoms. The van der Waals surface area contributed by atoms with Crippen LogP contribution in [0.2, 0.25) is 0 Å². The van der Waals surface area contributed by atoms with Crippen molar-refractivity contribution < 1.29 is 13.0 Å². The van der Waals surface area contributed by atoms with Gasteiger partial charge in [-0.3, -0.25) is 0 Å². The van der Waals surface area contributed by atoms with Crippen LogP contribution in [-0.4, -0.2) is 32.3 Å². The Labute approximate surface area is 119 Å². The Bertz CT molecular complexity index is 682. The van der Waals surface area contributed by atoms with E-state index in [2.05, 4.69) is 29.2 Å². The van der Waals surface area contributed by atoms with Gasteiger partial charge in [0, 0.05) is 25.0 Å². The Hall–Kier alpha value is -1.59. The van der Waals surface area contributed by atoms with Gasteiger partial charge in [0.25, 0.3) is 0 Å². The van der Waals surface area contributed by atoms with Gasteiger partial charge in [0.15, 0.2) is 0 Å². The highest BCUT2D eigenvalue weighted by Crippen LogP contribution is 2.21. The van der Waals surface area contributed by atoms with E-state index < -0.39 is 10.1 Å². The first-order valence-corrected chi connectivity index (χ1v) is 8.17. The average molecular weight is 292 g/mol. The molecule has 0 unspecified atom stereocenters. The lowest BCUT2D eigenvalue weighted by Crippen LogP contribution is -2.19. The van der Waals surface area contributed by atoms with Gasteiger partial charge in [-0.2, -0.15) is 0 Å². The average Bonchev–Trinajstić information content (AvgIpc) is 2.42. The molecular formula is C15H18NO3S-. The molecule has 0 aromatic heterocycles. The molecule has 0 heterocycles. The van der Waals surface area contributed by atoms with Crippen molar-refractivity contribution >= 4 is 26.6 Å². The van der Waals surface area contributed by atoms with Crippen molar-refractivity contribution in [3.05, 3.63) is 42.5 Å². The lowest BCUT2D eigenvalue weighted by Gasteiger charge is -2.20. The summed E-state index contributed by atoms with van der Waals surface area (Å²) >= 11 is 0. The minimum absolute atomic E-state index is 0.279. The Morgan fingerprint density at radius 1 is 1.05 bits per heavy atom. The van der Waals surface area contributed by atoms with Crippen molar-refractivity contribution in [1.82, 2.24) is 0 Å². The van der Waals surface area contributed by atoms with Crippen LogP contribution in [0.15, 0.2) is 42.5 Å². The van der Waals surface area contributed by atoms with Crippen molar-refractivity contribution in [2.75, 3.05) is 24.2 Å². The van der Waals surface area contributed by atoms with Crippen molar-refractivity contribution in [2.45, 2.75) is 12.8 Å². The van der Waals surface area contributed by atoms with E-state index in [0.717, 1.165) is 12.2 Å². The molecule has 2 aromatic rings. The second-order valence-electron chi connectivity index (χ2n) is 4.92. The van der Waals surface area contributed by atoms with Crippen molar-refractivity contribution in [1.29, 1.82) is 0 Å². The topological polar surface area (TPSA) is 60.4 Å². The predicted molar refractivity (Wildman–Crippen MR) is 81.0 cm³/mol. The first-order chi connectivity index (χ1) is 9.46. The van der Waals surface area contributed by atoms with Gasteiger partial charge >= 0.3 is 0 Å². The highest BCUT2D eigenvalue weighted by atomic mass is 32.2. The maximum Gasteiger partial charge on any atom is 0.0945 e. The predicted octanol–water partition coefficient (Wildman–Crippen LogP) is 2.60. The number of hydrogen-bond donors (Lipinski definition) is 0. The summed E-state index contributed by atoms with van der Waals surface area (Å²) in [6, 6.07) is 14.4. The van der Waals surface area contributed by atoms with E-state index in [4.69, 9.17) is 0 Å². The molecule has 108 valence electrons. The molecule has 0 amide bonds. The second-order valence-corrected chi connectivity index (χ2v) is 6.45. The van der Waals surface area contributed by atoms with E-state index in [1.165, 1.54) is 10.8 Å². The van der Waals surface area contributed by atoms with Gasteiger partial charge in [-0.25, -0.2) is 8.42 Å². The minimum atomic E-state index is -4.08. The lowest BCUT2D eigenvalue weighted by molar-refractivity contribution is 0.460. The fourth-order valence-corrected chi connectivity index (χ4v) is 2.73. The number of anilines is 1. The summed E-state index contributed by atoms with van der Waals surface area (Å²) < 4.78 is 31.6. The van der Waals surface area contributed by atoms with Gasteiger partial charge < -0.3 is 9.45 Å². The van der Waals surface area contributed by atoms with Crippen molar-refractivity contribution in [3.63, 3.8) is 0 Å². The zero-order valence-corrected chi connectivity index (χ0v) is 12.3. The first kappa shape index (κ1) is 14.8. The molecular weight excluding hydrogens is 274 g/mol. The summed E-state index contributed by atoms with van der Waals surface area (Å²) in [5.41, 5.74) is 1.09. The summed E-state index contributed by atoms with van der Waals surface area (Å²) in [7, 11) is -2.12. The van der Waals surface area contributed by atoms with Gasteiger partial charge in [0.05, 0.1) is 10.1 Å². The smallest absolute Gasteiger partial charge is 0.0945 e. The standard InChI is InChI=1S/C15H19NO3S/c1-16(10-4-5-11-20(17,18)19)15-9-8-13-6-2-3-7-14(13)12-15/h2-3,6-9,12H,4-5,10-11H2,1H3,(H,17,18,19)/p-1. The molecule has 0 radical (unpaired) electrons. The lowest BCUT2D eigenvalue weighted by atomic mass is 10.1. The quantitative estimate of drug-likeness (QED) is 0.606. The third-order valence-electron chi connectivity index (χ3n) is 3.31. The van der Waals surface area contributed by atoms with Crippen LogP contribution in [0.4, 0.5) is 5.69 Å². The molecule has 0 saturated carbocycles. The molecule has 0 bridgehead atoms. The zero-order valence-electron chi connectivity index (χ0n) is 11.5. The Balaban J connectivity index is 1.95.